The van der Waals surface area contributed by atoms with E-state index >= 15 is 0 Å². The van der Waals surface area contributed by atoms with E-state index in [1.54, 1.807) is 0 Å². The van der Waals surface area contributed by atoms with Gasteiger partial charge < -0.3 is 14.8 Å². The lowest BCUT2D eigenvalue weighted by atomic mass is 9.77. The van der Waals surface area contributed by atoms with E-state index in [-0.39, 0.29) is 0 Å². The minimum Gasteiger partial charge on any atom is -0.494 e. The highest BCUT2D eigenvalue weighted by Crippen LogP contribution is 2.50. The van der Waals surface area contributed by atoms with Crippen molar-refractivity contribution in [2.75, 3.05) is 11.9 Å². The highest BCUT2D eigenvalue weighted by atomic mass is 16.5. The Morgan fingerprint density at radius 1 is 0.900 bits per heavy atom. The summed E-state index contributed by atoms with van der Waals surface area (Å²) in [6.45, 7) is 2.89. The fourth-order valence-corrected chi connectivity index (χ4v) is 4.58. The van der Waals surface area contributed by atoms with Crippen molar-refractivity contribution in [2.24, 2.45) is 5.92 Å². The predicted molar refractivity (Wildman–Crippen MR) is 122 cm³/mol. The van der Waals surface area contributed by atoms with Gasteiger partial charge in [-0.3, -0.25) is 0 Å². The number of para-hydroxylation sites is 1. The van der Waals surface area contributed by atoms with Gasteiger partial charge in [-0.1, -0.05) is 49.4 Å². The highest BCUT2D eigenvalue weighted by molar-refractivity contribution is 5.62. The zero-order valence-corrected chi connectivity index (χ0v) is 17.3. The Morgan fingerprint density at radius 3 is 2.50 bits per heavy atom. The molecule has 0 saturated carbocycles. The van der Waals surface area contributed by atoms with Crippen molar-refractivity contribution < 1.29 is 9.47 Å². The quantitative estimate of drug-likeness (QED) is 0.450. The van der Waals surface area contributed by atoms with Crippen LogP contribution >= 0.6 is 0 Å². The van der Waals surface area contributed by atoms with E-state index in [1.807, 2.05) is 30.3 Å². The summed E-state index contributed by atoms with van der Waals surface area (Å²) >= 11 is 0. The molecule has 0 saturated heterocycles. The van der Waals surface area contributed by atoms with Gasteiger partial charge >= 0.3 is 0 Å². The van der Waals surface area contributed by atoms with Crippen LogP contribution in [0.5, 0.6) is 17.2 Å². The van der Waals surface area contributed by atoms with Gasteiger partial charge in [0.25, 0.3) is 0 Å². The van der Waals surface area contributed by atoms with Crippen LogP contribution in [0.25, 0.3) is 0 Å². The number of benzene rings is 3. The van der Waals surface area contributed by atoms with Crippen LogP contribution in [-0.2, 0) is 0 Å². The van der Waals surface area contributed by atoms with E-state index in [0.29, 0.717) is 17.9 Å². The first-order valence-corrected chi connectivity index (χ1v) is 10.8. The average Bonchev–Trinajstić information content (AvgIpc) is 3.29. The van der Waals surface area contributed by atoms with Crippen molar-refractivity contribution in [3.63, 3.8) is 0 Å². The van der Waals surface area contributed by atoms with Crippen LogP contribution < -0.4 is 14.8 Å². The average molecular weight is 398 g/mol. The number of rotatable bonds is 6. The van der Waals surface area contributed by atoms with Crippen molar-refractivity contribution in [1.29, 1.82) is 0 Å². The van der Waals surface area contributed by atoms with Crippen LogP contribution in [0.1, 0.15) is 42.9 Å². The van der Waals surface area contributed by atoms with Crippen LogP contribution in [0, 0.1) is 5.92 Å². The fraction of sp³-hybridized carbons (Fsp3) is 0.259. The van der Waals surface area contributed by atoms with Gasteiger partial charge in [-0.2, -0.15) is 0 Å². The largest absolute Gasteiger partial charge is 0.494 e. The molecule has 1 aliphatic carbocycles. The predicted octanol–water partition coefficient (Wildman–Crippen LogP) is 7.09. The Labute approximate surface area is 178 Å². The minimum atomic E-state index is 0.290. The molecule has 2 aliphatic rings. The molecule has 3 nitrogen and oxygen atoms in total. The second-order valence-electron chi connectivity index (χ2n) is 8.06. The van der Waals surface area contributed by atoms with Gasteiger partial charge in [0.15, 0.2) is 0 Å². The lowest BCUT2D eigenvalue weighted by molar-refractivity contribution is 0.317. The van der Waals surface area contributed by atoms with E-state index in [9.17, 15) is 0 Å². The number of anilines is 1. The van der Waals surface area contributed by atoms with Gasteiger partial charge in [0.2, 0.25) is 0 Å². The molecule has 3 atom stereocenters. The Balaban J connectivity index is 1.40. The first-order valence-electron chi connectivity index (χ1n) is 10.8. The molecule has 3 heteroatoms. The second kappa shape index (κ2) is 8.27. The summed E-state index contributed by atoms with van der Waals surface area (Å²) in [5.41, 5.74) is 3.83. The van der Waals surface area contributed by atoms with Crippen molar-refractivity contribution >= 4 is 5.69 Å². The smallest absolute Gasteiger partial charge is 0.127 e. The van der Waals surface area contributed by atoms with Gasteiger partial charge in [-0.05, 0) is 72.4 Å². The molecule has 152 valence electrons. The molecule has 30 heavy (non-hydrogen) atoms. The maximum absolute atomic E-state index is 6.08. The van der Waals surface area contributed by atoms with Crippen molar-refractivity contribution in [1.82, 2.24) is 0 Å². The van der Waals surface area contributed by atoms with E-state index in [4.69, 9.17) is 9.47 Å². The van der Waals surface area contributed by atoms with Crippen LogP contribution in [0.15, 0.2) is 84.9 Å². The number of ether oxygens (including phenoxy) is 2. The van der Waals surface area contributed by atoms with Gasteiger partial charge in [0.1, 0.15) is 17.2 Å². The minimum absolute atomic E-state index is 0.290. The first kappa shape index (κ1) is 18.8. The molecule has 1 N–H and O–H groups in total. The monoisotopic (exact) mass is 397 g/mol. The molecule has 0 unspecified atom stereocenters. The zero-order valence-electron chi connectivity index (χ0n) is 17.3. The lowest BCUT2D eigenvalue weighted by Crippen LogP contribution is -2.29. The molecule has 0 bridgehead atoms. The summed E-state index contributed by atoms with van der Waals surface area (Å²) < 4.78 is 11.8. The molecule has 0 spiro atoms. The van der Waals surface area contributed by atoms with Gasteiger partial charge in [0.05, 0.1) is 12.6 Å². The van der Waals surface area contributed by atoms with Crippen LogP contribution in [0.4, 0.5) is 5.69 Å². The Bertz CT molecular complexity index is 1030. The Morgan fingerprint density at radius 2 is 1.70 bits per heavy atom. The summed E-state index contributed by atoms with van der Waals surface area (Å²) in [6.07, 6.45) is 6.79. The number of nitrogens with one attached hydrogen (secondary N) is 1. The number of fused-ring (bicyclic) bond motifs is 3. The molecule has 0 aromatic heterocycles. The summed E-state index contributed by atoms with van der Waals surface area (Å²) in [7, 11) is 0. The van der Waals surface area contributed by atoms with E-state index in [0.717, 1.165) is 36.7 Å². The number of hydrogen-bond donors (Lipinski definition) is 1. The maximum atomic E-state index is 6.08. The second-order valence-corrected chi connectivity index (χ2v) is 8.06. The number of hydrogen-bond acceptors (Lipinski definition) is 3. The molecule has 0 radical (unpaired) electrons. The van der Waals surface area contributed by atoms with Gasteiger partial charge in [-0.25, -0.2) is 0 Å². The van der Waals surface area contributed by atoms with Crippen molar-refractivity contribution in [2.45, 2.75) is 31.7 Å². The third-order valence-electron chi connectivity index (χ3n) is 6.03. The van der Waals surface area contributed by atoms with Crippen LogP contribution in [-0.4, -0.2) is 6.61 Å². The standard InChI is InChI=1S/C27H27NO2/c1-2-17-29-20-13-11-19(12-14-20)27-24-10-6-9-23(24)25-18-22(15-16-26(25)28-27)30-21-7-4-3-5-8-21/h3-9,11-16,18,23-24,27-28H,2,10,17H2,1H3/t23-,24+,27+/m1/s1. The first-order chi connectivity index (χ1) is 14.8. The molecular weight excluding hydrogens is 370 g/mol. The molecule has 0 fully saturated rings. The SMILES string of the molecule is CCCOc1ccc([C@@H]2Nc3ccc(Oc4ccccc4)cc3[C@@H]3C=CC[C@@H]32)cc1. The summed E-state index contributed by atoms with van der Waals surface area (Å²) in [5.74, 6) is 3.61. The molecular formula is C27H27NO2. The van der Waals surface area contributed by atoms with E-state index < -0.39 is 0 Å². The van der Waals surface area contributed by atoms with Crippen molar-refractivity contribution in [3.8, 4) is 17.2 Å². The lowest BCUT2D eigenvalue weighted by Gasteiger charge is -2.37. The Hall–Kier alpha value is -3.20. The summed E-state index contributed by atoms with van der Waals surface area (Å²) in [5, 5.41) is 3.80. The molecule has 3 aromatic rings. The third-order valence-corrected chi connectivity index (χ3v) is 6.03. The Kier molecular flexibility index (Phi) is 5.18. The van der Waals surface area contributed by atoms with E-state index in [2.05, 4.69) is 66.9 Å². The molecule has 5 rings (SSSR count). The number of allylic oxidation sites excluding steroid dienone is 2. The van der Waals surface area contributed by atoms with Gasteiger partial charge in [0, 0.05) is 11.6 Å². The topological polar surface area (TPSA) is 30.5 Å². The maximum Gasteiger partial charge on any atom is 0.127 e. The van der Waals surface area contributed by atoms with Gasteiger partial charge in [-0.15, -0.1) is 0 Å². The molecule has 1 heterocycles. The van der Waals surface area contributed by atoms with Crippen LogP contribution in [0.3, 0.4) is 0 Å². The molecule has 1 aliphatic heterocycles. The summed E-state index contributed by atoms with van der Waals surface area (Å²) in [4.78, 5) is 0. The fourth-order valence-electron chi connectivity index (χ4n) is 4.58. The normalized spacial score (nSPS) is 21.4. The summed E-state index contributed by atoms with van der Waals surface area (Å²) in [6, 6.07) is 25.2. The van der Waals surface area contributed by atoms with E-state index in [1.165, 1.54) is 16.8 Å². The molecule has 0 amide bonds. The van der Waals surface area contributed by atoms with Crippen molar-refractivity contribution in [3.05, 3.63) is 96.1 Å². The molecule has 3 aromatic carbocycles. The zero-order chi connectivity index (χ0) is 20.3. The third kappa shape index (κ3) is 3.68. The highest BCUT2D eigenvalue weighted by Gasteiger charge is 2.38. The van der Waals surface area contributed by atoms with Crippen LogP contribution in [0.2, 0.25) is 0 Å².